The lowest BCUT2D eigenvalue weighted by molar-refractivity contribution is -0.117. The van der Waals surface area contributed by atoms with E-state index in [9.17, 15) is 14.7 Å². The Balaban J connectivity index is 1.68. The molecule has 2 heterocycles. The largest absolute Gasteiger partial charge is 0.503 e. The van der Waals surface area contributed by atoms with E-state index in [1.165, 1.54) is 16.2 Å². The van der Waals surface area contributed by atoms with E-state index in [0.717, 1.165) is 10.2 Å². The molecule has 1 N–H and O–H groups in total. The molecule has 0 radical (unpaired) electrons. The third-order valence-corrected chi connectivity index (χ3v) is 6.45. The van der Waals surface area contributed by atoms with Gasteiger partial charge in [-0.3, -0.25) is 14.5 Å². The highest BCUT2D eigenvalue weighted by Gasteiger charge is 2.45. The fraction of sp³-hybridized carbons (Fsp3) is 0.0417. The molecule has 1 aliphatic rings. The summed E-state index contributed by atoms with van der Waals surface area (Å²) in [5.41, 5.74) is 1.81. The molecule has 152 valence electrons. The molecule has 31 heavy (non-hydrogen) atoms. The number of halogens is 1. The maximum atomic E-state index is 13.4. The Bertz CT molecular complexity index is 1310. The number of aliphatic hydroxyl groups excluding tert-OH is 1. The van der Waals surface area contributed by atoms with Crippen LogP contribution in [-0.4, -0.2) is 21.8 Å². The van der Waals surface area contributed by atoms with E-state index in [4.69, 9.17) is 11.6 Å². The summed E-state index contributed by atoms with van der Waals surface area (Å²) < 4.78 is 0.905. The highest BCUT2D eigenvalue weighted by Crippen LogP contribution is 2.44. The summed E-state index contributed by atoms with van der Waals surface area (Å²) in [5, 5.41) is 11.7. The van der Waals surface area contributed by atoms with Gasteiger partial charge in [0.2, 0.25) is 0 Å². The number of ketones is 1. The predicted octanol–water partition coefficient (Wildman–Crippen LogP) is 5.73. The molecule has 1 unspecified atom stereocenters. The minimum Gasteiger partial charge on any atom is -0.503 e. The van der Waals surface area contributed by atoms with Crippen LogP contribution in [-0.2, 0) is 4.79 Å². The van der Waals surface area contributed by atoms with E-state index in [1.54, 1.807) is 54.6 Å². The smallest absolute Gasteiger partial charge is 0.296 e. The number of fused-ring (bicyclic) bond motifs is 1. The van der Waals surface area contributed by atoms with Crippen LogP contribution in [0.1, 0.15) is 22.0 Å². The molecule has 3 aromatic carbocycles. The quantitative estimate of drug-likeness (QED) is 0.406. The summed E-state index contributed by atoms with van der Waals surface area (Å²) >= 11 is 7.39. The number of rotatable bonds is 4. The van der Waals surface area contributed by atoms with Crippen LogP contribution in [0.3, 0.4) is 0 Å². The highest BCUT2D eigenvalue weighted by atomic mass is 35.5. The zero-order valence-corrected chi connectivity index (χ0v) is 17.6. The Morgan fingerprint density at radius 2 is 1.65 bits per heavy atom. The van der Waals surface area contributed by atoms with Crippen molar-refractivity contribution in [2.24, 2.45) is 0 Å². The highest BCUT2D eigenvalue weighted by molar-refractivity contribution is 7.22. The van der Waals surface area contributed by atoms with Crippen molar-refractivity contribution in [3.63, 3.8) is 0 Å². The van der Waals surface area contributed by atoms with Crippen LogP contribution < -0.4 is 4.90 Å². The number of benzene rings is 3. The van der Waals surface area contributed by atoms with E-state index < -0.39 is 23.5 Å². The Kier molecular flexibility index (Phi) is 4.81. The van der Waals surface area contributed by atoms with Gasteiger partial charge in [-0.15, -0.1) is 0 Å². The number of carbonyl (C=O) groups is 2. The standard InChI is InChI=1S/C24H15ClN2O3S/c25-16-12-10-14(11-13-16)20-19(21(28)15-6-2-1-3-7-15)22(29)23(30)27(20)24-26-17-8-4-5-9-18(17)31-24/h1-13,20,29H. The third kappa shape index (κ3) is 3.30. The van der Waals surface area contributed by atoms with Gasteiger partial charge in [-0.25, -0.2) is 4.98 Å². The van der Waals surface area contributed by atoms with E-state index in [1.807, 2.05) is 24.3 Å². The first-order valence-electron chi connectivity index (χ1n) is 9.52. The van der Waals surface area contributed by atoms with Gasteiger partial charge in [0.25, 0.3) is 5.91 Å². The number of anilines is 1. The number of aliphatic hydroxyl groups is 1. The molecule has 1 aromatic heterocycles. The Labute approximate surface area is 186 Å². The Hall–Kier alpha value is -3.48. The molecule has 0 aliphatic carbocycles. The van der Waals surface area contributed by atoms with Crippen molar-refractivity contribution in [2.75, 3.05) is 4.90 Å². The maximum Gasteiger partial charge on any atom is 0.296 e. The van der Waals surface area contributed by atoms with Crippen molar-refractivity contribution >= 4 is 50.0 Å². The molecule has 0 fully saturated rings. The van der Waals surface area contributed by atoms with Gasteiger partial charge in [0.15, 0.2) is 16.7 Å². The first-order valence-corrected chi connectivity index (χ1v) is 10.7. The fourth-order valence-corrected chi connectivity index (χ4v) is 4.82. The number of hydrogen-bond acceptors (Lipinski definition) is 5. The molecule has 1 amide bonds. The SMILES string of the molecule is O=C(C1=C(O)C(=O)N(c2nc3ccccc3s2)C1c1ccc(Cl)cc1)c1ccccc1. The van der Waals surface area contributed by atoms with Crippen LogP contribution in [0.15, 0.2) is 90.2 Å². The number of para-hydroxylation sites is 1. The summed E-state index contributed by atoms with van der Waals surface area (Å²) in [6.07, 6.45) is 0. The molecule has 0 spiro atoms. The topological polar surface area (TPSA) is 70.5 Å². The van der Waals surface area contributed by atoms with Gasteiger partial charge in [0.1, 0.15) is 0 Å². The lowest BCUT2D eigenvalue weighted by atomic mass is 9.93. The van der Waals surface area contributed by atoms with Crippen molar-refractivity contribution < 1.29 is 14.7 Å². The van der Waals surface area contributed by atoms with Crippen LogP contribution in [0.4, 0.5) is 5.13 Å². The van der Waals surface area contributed by atoms with Crippen LogP contribution in [0.25, 0.3) is 10.2 Å². The van der Waals surface area contributed by atoms with Gasteiger partial charge in [0.05, 0.1) is 21.8 Å². The average molecular weight is 447 g/mol. The zero-order chi connectivity index (χ0) is 21.5. The van der Waals surface area contributed by atoms with Crippen molar-refractivity contribution in [1.29, 1.82) is 0 Å². The number of amides is 1. The van der Waals surface area contributed by atoms with Gasteiger partial charge in [-0.1, -0.05) is 77.5 Å². The summed E-state index contributed by atoms with van der Waals surface area (Å²) in [4.78, 5) is 32.5. The van der Waals surface area contributed by atoms with E-state index in [0.29, 0.717) is 21.3 Å². The lowest BCUT2D eigenvalue weighted by Gasteiger charge is -2.24. The molecule has 0 saturated heterocycles. The van der Waals surface area contributed by atoms with Crippen LogP contribution in [0.5, 0.6) is 0 Å². The van der Waals surface area contributed by atoms with Crippen LogP contribution in [0.2, 0.25) is 5.02 Å². The second-order valence-electron chi connectivity index (χ2n) is 7.05. The summed E-state index contributed by atoms with van der Waals surface area (Å²) in [6.45, 7) is 0. The number of nitrogens with zero attached hydrogens (tertiary/aromatic N) is 2. The van der Waals surface area contributed by atoms with Crippen molar-refractivity contribution in [3.05, 3.63) is 106 Å². The molecule has 4 aromatic rings. The zero-order valence-electron chi connectivity index (χ0n) is 16.0. The predicted molar refractivity (Wildman–Crippen MR) is 122 cm³/mol. The van der Waals surface area contributed by atoms with Crippen LogP contribution >= 0.6 is 22.9 Å². The van der Waals surface area contributed by atoms with Gasteiger partial charge in [-0.2, -0.15) is 0 Å². The number of carbonyl (C=O) groups excluding carboxylic acids is 2. The summed E-state index contributed by atoms with van der Waals surface area (Å²) in [6, 6.07) is 22.2. The van der Waals surface area contributed by atoms with E-state index in [2.05, 4.69) is 4.98 Å². The lowest BCUT2D eigenvalue weighted by Crippen LogP contribution is -2.30. The molecular weight excluding hydrogens is 432 g/mol. The Morgan fingerprint density at radius 1 is 0.968 bits per heavy atom. The number of aromatic nitrogens is 1. The third-order valence-electron chi connectivity index (χ3n) is 5.16. The van der Waals surface area contributed by atoms with Gasteiger partial charge < -0.3 is 5.11 Å². The number of thiazole rings is 1. The minimum absolute atomic E-state index is 0.0257. The number of hydrogen-bond donors (Lipinski definition) is 1. The normalized spacial score (nSPS) is 16.4. The van der Waals surface area contributed by atoms with Gasteiger partial charge in [0, 0.05) is 10.6 Å². The van der Waals surface area contributed by atoms with E-state index >= 15 is 0 Å². The molecular formula is C24H15ClN2O3S. The summed E-state index contributed by atoms with van der Waals surface area (Å²) in [5.74, 6) is -1.62. The minimum atomic E-state index is -0.821. The van der Waals surface area contributed by atoms with Gasteiger partial charge in [-0.05, 0) is 29.8 Å². The molecule has 5 nitrogen and oxygen atoms in total. The molecule has 5 rings (SSSR count). The van der Waals surface area contributed by atoms with E-state index in [-0.39, 0.29) is 5.57 Å². The second kappa shape index (κ2) is 7.65. The first-order chi connectivity index (χ1) is 15.0. The van der Waals surface area contributed by atoms with Crippen molar-refractivity contribution in [1.82, 2.24) is 4.98 Å². The summed E-state index contributed by atoms with van der Waals surface area (Å²) in [7, 11) is 0. The van der Waals surface area contributed by atoms with Crippen molar-refractivity contribution in [3.8, 4) is 0 Å². The second-order valence-corrected chi connectivity index (χ2v) is 8.50. The molecule has 0 bridgehead atoms. The van der Waals surface area contributed by atoms with Gasteiger partial charge >= 0.3 is 0 Å². The molecule has 1 atom stereocenters. The first kappa shape index (κ1) is 19.5. The van der Waals surface area contributed by atoms with Crippen molar-refractivity contribution in [2.45, 2.75) is 6.04 Å². The molecule has 7 heteroatoms. The number of Topliss-reactive ketones (excluding diaryl/α,β-unsaturated/α-hetero) is 1. The average Bonchev–Trinajstić information content (AvgIpc) is 3.33. The molecule has 1 aliphatic heterocycles. The Morgan fingerprint density at radius 3 is 2.35 bits per heavy atom. The molecule has 0 saturated carbocycles. The monoisotopic (exact) mass is 446 g/mol. The fourth-order valence-electron chi connectivity index (χ4n) is 3.70. The maximum absolute atomic E-state index is 13.4. The van der Waals surface area contributed by atoms with Crippen LogP contribution in [0, 0.1) is 0 Å².